The highest BCUT2D eigenvalue weighted by Crippen LogP contribution is 2.29. The number of aromatic nitrogens is 2. The molecule has 0 aliphatic carbocycles. The van der Waals surface area contributed by atoms with Crippen LogP contribution >= 0.6 is 11.6 Å². The molecule has 8 heteroatoms. The third-order valence-corrected chi connectivity index (χ3v) is 5.05. The van der Waals surface area contributed by atoms with Crippen LogP contribution in [0.15, 0.2) is 35.4 Å². The number of hydrazone groups is 1. The molecular weight excluding hydrogens is 366 g/mol. The van der Waals surface area contributed by atoms with Gasteiger partial charge in [0, 0.05) is 6.54 Å². The summed E-state index contributed by atoms with van der Waals surface area (Å²) in [5.74, 6) is -0.442. The molecule has 2 aromatic rings. The Balaban J connectivity index is 1.85. The third kappa shape index (κ3) is 3.47. The van der Waals surface area contributed by atoms with Gasteiger partial charge in [-0.15, -0.1) is 5.01 Å². The summed E-state index contributed by atoms with van der Waals surface area (Å²) in [6, 6.07) is 8.51. The second-order valence-corrected chi connectivity index (χ2v) is 7.01. The summed E-state index contributed by atoms with van der Waals surface area (Å²) in [4.78, 5) is 25.2. The van der Waals surface area contributed by atoms with E-state index < -0.39 is 17.5 Å². The quantitative estimate of drug-likeness (QED) is 0.609. The lowest BCUT2D eigenvalue weighted by atomic mass is 9.92. The summed E-state index contributed by atoms with van der Waals surface area (Å²) in [6.07, 6.45) is 3.40. The minimum atomic E-state index is -1.15. The van der Waals surface area contributed by atoms with E-state index in [4.69, 9.17) is 11.6 Å². The van der Waals surface area contributed by atoms with Crippen LogP contribution in [0, 0.1) is 6.92 Å². The lowest BCUT2D eigenvalue weighted by Crippen LogP contribution is -2.40. The average Bonchev–Trinajstić information content (AvgIpc) is 3.06. The van der Waals surface area contributed by atoms with Crippen LogP contribution in [0.5, 0.6) is 0 Å². The molecular formula is C19H22ClN5O2. The van der Waals surface area contributed by atoms with E-state index in [1.165, 1.54) is 6.21 Å². The summed E-state index contributed by atoms with van der Waals surface area (Å²) in [5.41, 5.74) is 0.835. The van der Waals surface area contributed by atoms with Crippen LogP contribution in [-0.2, 0) is 16.9 Å². The van der Waals surface area contributed by atoms with Gasteiger partial charge in [-0.1, -0.05) is 55.3 Å². The number of imide groups is 1. The number of carbonyl (C=O) groups excluding carboxylic acids is 2. The number of rotatable bonds is 6. The van der Waals surface area contributed by atoms with Gasteiger partial charge < -0.3 is 5.32 Å². The molecule has 1 aliphatic rings. The van der Waals surface area contributed by atoms with Gasteiger partial charge in [0.05, 0.1) is 17.5 Å². The van der Waals surface area contributed by atoms with Gasteiger partial charge in [-0.2, -0.15) is 10.2 Å². The molecule has 7 nitrogen and oxygen atoms in total. The standard InChI is InChI=1S/C19H22ClN5O2/c1-4-5-11-24-16(20)15(13(2)23-24)12-21-25-17(26)19(3,22-18(25)27)14-9-7-6-8-10-14/h6-10,12H,4-5,11H2,1-3H3,(H,22,27)/b21-12-/t19-/m0/s1. The molecule has 3 amide bonds. The van der Waals surface area contributed by atoms with Crippen molar-refractivity contribution in [3.05, 3.63) is 52.3 Å². The Kier molecular flexibility index (Phi) is 5.32. The van der Waals surface area contributed by atoms with Crippen molar-refractivity contribution in [3.8, 4) is 0 Å². The minimum absolute atomic E-state index is 0.442. The molecule has 1 aromatic heterocycles. The molecule has 0 radical (unpaired) electrons. The number of benzene rings is 1. The van der Waals surface area contributed by atoms with Gasteiger partial charge in [-0.25, -0.2) is 4.79 Å². The second kappa shape index (κ2) is 7.52. The van der Waals surface area contributed by atoms with Crippen LogP contribution in [-0.4, -0.2) is 32.9 Å². The van der Waals surface area contributed by atoms with Crippen molar-refractivity contribution in [3.63, 3.8) is 0 Å². The monoisotopic (exact) mass is 387 g/mol. The van der Waals surface area contributed by atoms with Gasteiger partial charge >= 0.3 is 6.03 Å². The number of nitrogens with one attached hydrogen (secondary N) is 1. The molecule has 1 N–H and O–H groups in total. The maximum absolute atomic E-state index is 12.9. The summed E-state index contributed by atoms with van der Waals surface area (Å²) < 4.78 is 1.71. The van der Waals surface area contributed by atoms with E-state index in [2.05, 4.69) is 22.4 Å². The van der Waals surface area contributed by atoms with Gasteiger partial charge in [0.25, 0.3) is 5.91 Å². The molecule has 1 atom stereocenters. The van der Waals surface area contributed by atoms with E-state index in [1.807, 2.05) is 25.1 Å². The fourth-order valence-corrected chi connectivity index (χ4v) is 3.29. The fraction of sp³-hybridized carbons (Fsp3) is 0.368. The number of carbonyl (C=O) groups is 2. The van der Waals surface area contributed by atoms with Crippen molar-refractivity contribution in [1.29, 1.82) is 0 Å². The Morgan fingerprint density at radius 2 is 2.00 bits per heavy atom. The Hall–Kier alpha value is -2.67. The van der Waals surface area contributed by atoms with E-state index in [0.717, 1.165) is 17.9 Å². The zero-order valence-corrected chi connectivity index (χ0v) is 16.3. The highest BCUT2D eigenvalue weighted by molar-refractivity contribution is 6.32. The summed E-state index contributed by atoms with van der Waals surface area (Å²) >= 11 is 6.38. The minimum Gasteiger partial charge on any atom is -0.318 e. The SMILES string of the molecule is CCCCn1nc(C)c(/C=N\N2C(=O)N[C@@](C)(c3ccccc3)C2=O)c1Cl. The number of urea groups is 1. The number of hydrogen-bond donors (Lipinski definition) is 1. The predicted octanol–water partition coefficient (Wildman–Crippen LogP) is 3.45. The average molecular weight is 388 g/mol. The van der Waals surface area contributed by atoms with Gasteiger partial charge in [-0.3, -0.25) is 9.48 Å². The topological polar surface area (TPSA) is 79.6 Å². The predicted molar refractivity (Wildman–Crippen MR) is 104 cm³/mol. The number of halogens is 1. The maximum Gasteiger partial charge on any atom is 0.346 e. The van der Waals surface area contributed by atoms with Crippen LogP contribution in [0.1, 0.15) is 43.5 Å². The first-order valence-electron chi connectivity index (χ1n) is 8.87. The molecule has 27 heavy (non-hydrogen) atoms. The Labute approximate surface area is 163 Å². The van der Waals surface area contributed by atoms with Gasteiger partial charge in [0.15, 0.2) is 0 Å². The summed E-state index contributed by atoms with van der Waals surface area (Å²) in [5, 5.41) is 12.5. The Morgan fingerprint density at radius 1 is 1.30 bits per heavy atom. The highest BCUT2D eigenvalue weighted by Gasteiger charge is 2.49. The molecule has 1 aliphatic heterocycles. The molecule has 0 spiro atoms. The molecule has 2 heterocycles. The van der Waals surface area contributed by atoms with Crippen molar-refractivity contribution in [2.75, 3.05) is 0 Å². The summed E-state index contributed by atoms with van der Waals surface area (Å²) in [6.45, 7) is 6.28. The van der Waals surface area contributed by atoms with Gasteiger partial charge in [-0.05, 0) is 25.8 Å². The number of nitrogens with zero attached hydrogens (tertiary/aromatic N) is 4. The second-order valence-electron chi connectivity index (χ2n) is 6.65. The van der Waals surface area contributed by atoms with Crippen LogP contribution in [0.25, 0.3) is 0 Å². The molecule has 1 fully saturated rings. The van der Waals surface area contributed by atoms with Crippen molar-refractivity contribution in [1.82, 2.24) is 20.1 Å². The first-order valence-corrected chi connectivity index (χ1v) is 9.25. The lowest BCUT2D eigenvalue weighted by molar-refractivity contribution is -0.131. The van der Waals surface area contributed by atoms with E-state index >= 15 is 0 Å². The number of unbranched alkanes of at least 4 members (excludes halogenated alkanes) is 1. The Morgan fingerprint density at radius 3 is 2.67 bits per heavy atom. The molecule has 0 unspecified atom stereocenters. The Bertz CT molecular complexity index is 893. The van der Waals surface area contributed by atoms with Crippen molar-refractivity contribution in [2.24, 2.45) is 5.10 Å². The van der Waals surface area contributed by atoms with Crippen molar-refractivity contribution in [2.45, 2.75) is 45.7 Å². The van der Waals surface area contributed by atoms with Gasteiger partial charge in [0.2, 0.25) is 0 Å². The third-order valence-electron chi connectivity index (χ3n) is 4.66. The fourth-order valence-electron chi connectivity index (χ4n) is 2.98. The largest absolute Gasteiger partial charge is 0.346 e. The van der Waals surface area contributed by atoms with Crippen molar-refractivity contribution < 1.29 is 9.59 Å². The molecule has 1 saturated heterocycles. The van der Waals surface area contributed by atoms with Crippen LogP contribution < -0.4 is 5.32 Å². The molecule has 142 valence electrons. The zero-order chi connectivity index (χ0) is 19.6. The van der Waals surface area contributed by atoms with Crippen LogP contribution in [0.3, 0.4) is 0 Å². The molecule has 0 saturated carbocycles. The van der Waals surface area contributed by atoms with Crippen LogP contribution in [0.2, 0.25) is 5.15 Å². The van der Waals surface area contributed by atoms with E-state index in [1.54, 1.807) is 23.7 Å². The van der Waals surface area contributed by atoms with Gasteiger partial charge in [0.1, 0.15) is 10.7 Å². The van der Waals surface area contributed by atoms with E-state index in [9.17, 15) is 9.59 Å². The zero-order valence-electron chi connectivity index (χ0n) is 15.6. The molecule has 3 rings (SSSR count). The smallest absolute Gasteiger partial charge is 0.318 e. The number of aryl methyl sites for hydroxylation is 2. The first kappa shape index (κ1) is 19.1. The van der Waals surface area contributed by atoms with E-state index in [0.29, 0.717) is 28.5 Å². The maximum atomic E-state index is 12.9. The lowest BCUT2D eigenvalue weighted by Gasteiger charge is -2.20. The number of amides is 3. The highest BCUT2D eigenvalue weighted by atomic mass is 35.5. The van der Waals surface area contributed by atoms with Crippen LogP contribution in [0.4, 0.5) is 4.79 Å². The normalized spacial score (nSPS) is 19.9. The van der Waals surface area contributed by atoms with E-state index in [-0.39, 0.29) is 0 Å². The molecule has 0 bridgehead atoms. The first-order chi connectivity index (χ1) is 12.9. The van der Waals surface area contributed by atoms with Crippen molar-refractivity contribution >= 4 is 29.8 Å². The molecule has 1 aromatic carbocycles. The number of hydrogen-bond acceptors (Lipinski definition) is 4. The summed E-state index contributed by atoms with van der Waals surface area (Å²) in [7, 11) is 0.